The van der Waals surface area contributed by atoms with Crippen LogP contribution in [0.3, 0.4) is 0 Å². The van der Waals surface area contributed by atoms with Crippen molar-refractivity contribution in [3.63, 3.8) is 0 Å². The van der Waals surface area contributed by atoms with E-state index in [2.05, 4.69) is 0 Å². The molecule has 0 heterocycles. The zero-order chi connectivity index (χ0) is 21.6. The Morgan fingerprint density at radius 1 is 0.724 bits per heavy atom. The van der Waals surface area contributed by atoms with Crippen LogP contribution in [-0.4, -0.2) is 23.2 Å². The normalized spacial score (nSPS) is 13.8. The summed E-state index contributed by atoms with van der Waals surface area (Å²) in [5, 5.41) is 19.1. The molecule has 0 aliphatic rings. The molecule has 0 radical (unpaired) electrons. The van der Waals surface area contributed by atoms with Crippen molar-refractivity contribution in [3.8, 4) is 11.5 Å². The summed E-state index contributed by atoms with van der Waals surface area (Å²) in [5.74, 6) is -0.410. The second-order valence-electron chi connectivity index (χ2n) is 6.09. The number of phenols is 2. The number of rotatable bonds is 4. The van der Waals surface area contributed by atoms with Crippen LogP contribution in [0, 0.1) is 0 Å². The number of hydrogen-bond donors (Lipinski definition) is 3. The van der Waals surface area contributed by atoms with Gasteiger partial charge in [0.05, 0.1) is 20.1 Å². The van der Waals surface area contributed by atoms with E-state index in [1.807, 2.05) is 0 Å². The maximum Gasteiger partial charge on any atom is 0.283 e. The monoisotopic (exact) mass is 492 g/mol. The summed E-state index contributed by atoms with van der Waals surface area (Å²) >= 11 is 24.5. The van der Waals surface area contributed by atoms with Gasteiger partial charge in [-0.1, -0.05) is 70.7 Å². The summed E-state index contributed by atoms with van der Waals surface area (Å²) in [6, 6.07) is 11.4. The van der Waals surface area contributed by atoms with Gasteiger partial charge in [0.15, 0.2) is 4.75 Å². The van der Waals surface area contributed by atoms with Gasteiger partial charge in [-0.05, 0) is 41.5 Å². The van der Waals surface area contributed by atoms with Crippen molar-refractivity contribution >= 4 is 56.5 Å². The Balaban J connectivity index is 2.56. The van der Waals surface area contributed by atoms with E-state index >= 15 is 0 Å². The fourth-order valence-corrected chi connectivity index (χ4v) is 5.35. The molecule has 1 unspecified atom stereocenters. The van der Waals surface area contributed by atoms with E-state index in [1.54, 1.807) is 0 Å². The summed E-state index contributed by atoms with van der Waals surface area (Å²) in [7, 11) is -4.99. The van der Waals surface area contributed by atoms with E-state index in [0.29, 0.717) is 0 Å². The van der Waals surface area contributed by atoms with E-state index in [1.165, 1.54) is 54.6 Å². The highest BCUT2D eigenvalue weighted by Crippen LogP contribution is 2.50. The Labute approximate surface area is 186 Å². The SMILES string of the molecule is O=S(=O)(O)C(c1ccc(O)cc1)(c1ccc(O)c(Cl)c1)c1ccc(Cl)c(Cl)c1Cl. The van der Waals surface area contributed by atoms with Crippen molar-refractivity contribution in [1.82, 2.24) is 0 Å². The molecule has 0 fully saturated rings. The first-order valence-electron chi connectivity index (χ1n) is 7.89. The van der Waals surface area contributed by atoms with E-state index in [9.17, 15) is 23.2 Å². The van der Waals surface area contributed by atoms with Gasteiger partial charge in [-0.25, -0.2) is 0 Å². The Morgan fingerprint density at radius 2 is 1.31 bits per heavy atom. The molecule has 3 rings (SSSR count). The number of aromatic hydroxyl groups is 2. The molecule has 0 aliphatic heterocycles. The quantitative estimate of drug-likeness (QED) is 0.239. The first-order chi connectivity index (χ1) is 13.5. The molecule has 3 aromatic carbocycles. The summed E-state index contributed by atoms with van der Waals surface area (Å²) < 4.78 is 34.1. The minimum absolute atomic E-state index is 0.0196. The predicted octanol–water partition coefficient (Wildman–Crippen LogP) is 5.89. The van der Waals surface area contributed by atoms with E-state index < -0.39 is 14.9 Å². The van der Waals surface area contributed by atoms with Gasteiger partial charge in [0.2, 0.25) is 0 Å². The van der Waals surface area contributed by atoms with Crippen molar-refractivity contribution < 1.29 is 23.2 Å². The molecule has 1 atom stereocenters. The number of hydrogen-bond acceptors (Lipinski definition) is 4. The van der Waals surface area contributed by atoms with Crippen LogP contribution in [0.15, 0.2) is 54.6 Å². The molecular weight excluding hydrogens is 482 g/mol. The zero-order valence-corrected chi connectivity index (χ0v) is 18.1. The van der Waals surface area contributed by atoms with Crippen LogP contribution >= 0.6 is 46.4 Å². The highest BCUT2D eigenvalue weighted by atomic mass is 35.5. The van der Waals surface area contributed by atoms with Gasteiger partial charge in [0.1, 0.15) is 11.5 Å². The smallest absolute Gasteiger partial charge is 0.283 e. The van der Waals surface area contributed by atoms with Gasteiger partial charge >= 0.3 is 0 Å². The topological polar surface area (TPSA) is 94.8 Å². The van der Waals surface area contributed by atoms with E-state index in [4.69, 9.17) is 46.4 Å². The first kappa shape index (κ1) is 22.0. The van der Waals surface area contributed by atoms with Crippen LogP contribution in [0.5, 0.6) is 11.5 Å². The molecule has 10 heteroatoms. The van der Waals surface area contributed by atoms with Crippen LogP contribution in [0.25, 0.3) is 0 Å². The van der Waals surface area contributed by atoms with Gasteiger partial charge < -0.3 is 10.2 Å². The van der Waals surface area contributed by atoms with Crippen molar-refractivity contribution in [2.24, 2.45) is 0 Å². The third-order valence-electron chi connectivity index (χ3n) is 4.43. The van der Waals surface area contributed by atoms with E-state index in [-0.39, 0.29) is 48.3 Å². The molecule has 0 saturated carbocycles. The summed E-state index contributed by atoms with van der Waals surface area (Å²) in [4.78, 5) is 0. The second kappa shape index (κ2) is 7.87. The van der Waals surface area contributed by atoms with E-state index in [0.717, 1.165) is 0 Å². The average Bonchev–Trinajstić information content (AvgIpc) is 2.65. The molecule has 0 spiro atoms. The highest BCUT2D eigenvalue weighted by molar-refractivity contribution is 7.87. The molecular formula is C19H12Cl4O5S. The third kappa shape index (κ3) is 3.65. The van der Waals surface area contributed by atoms with Crippen molar-refractivity contribution in [3.05, 3.63) is 91.4 Å². The fraction of sp³-hybridized carbons (Fsp3) is 0.0526. The van der Waals surface area contributed by atoms with Crippen LogP contribution in [0.1, 0.15) is 16.7 Å². The Morgan fingerprint density at radius 3 is 1.86 bits per heavy atom. The van der Waals surface area contributed by atoms with Gasteiger partial charge in [-0.2, -0.15) is 8.42 Å². The predicted molar refractivity (Wildman–Crippen MR) is 114 cm³/mol. The van der Waals surface area contributed by atoms with Gasteiger partial charge in [-0.15, -0.1) is 0 Å². The lowest BCUT2D eigenvalue weighted by Gasteiger charge is -2.33. The van der Waals surface area contributed by atoms with Crippen LogP contribution in [0.4, 0.5) is 0 Å². The van der Waals surface area contributed by atoms with Crippen LogP contribution in [0.2, 0.25) is 20.1 Å². The maximum atomic E-state index is 12.9. The summed E-state index contributed by atoms with van der Waals surface area (Å²) in [5.41, 5.74) is -0.0721. The van der Waals surface area contributed by atoms with Crippen LogP contribution < -0.4 is 0 Å². The minimum Gasteiger partial charge on any atom is -0.508 e. The zero-order valence-electron chi connectivity index (χ0n) is 14.3. The third-order valence-corrected chi connectivity index (χ3v) is 7.49. The largest absolute Gasteiger partial charge is 0.508 e. The summed E-state index contributed by atoms with van der Waals surface area (Å²) in [6.45, 7) is 0. The highest BCUT2D eigenvalue weighted by Gasteiger charge is 2.50. The molecule has 152 valence electrons. The first-order valence-corrected chi connectivity index (χ1v) is 10.8. The molecule has 3 aromatic rings. The standard InChI is InChI=1S/C19H12Cl4O5S/c20-14-7-6-13(17(22)18(14)23)19(29(26,27)28,10-1-4-12(24)5-2-10)11-3-8-16(25)15(21)9-11/h1-9,24-25H,(H,26,27,28). The molecule has 0 saturated heterocycles. The number of benzene rings is 3. The van der Waals surface area contributed by atoms with Crippen molar-refractivity contribution in [2.75, 3.05) is 0 Å². The Hall–Kier alpha value is -1.67. The molecule has 0 aliphatic carbocycles. The lowest BCUT2D eigenvalue weighted by Crippen LogP contribution is -2.38. The van der Waals surface area contributed by atoms with Crippen molar-refractivity contribution in [1.29, 1.82) is 0 Å². The average molecular weight is 494 g/mol. The lowest BCUT2D eigenvalue weighted by molar-refractivity contribution is 0.456. The number of halogens is 4. The lowest BCUT2D eigenvalue weighted by atomic mass is 9.83. The molecule has 3 N–H and O–H groups in total. The second-order valence-corrected chi connectivity index (χ2v) is 9.23. The molecule has 0 bridgehead atoms. The molecule has 0 aromatic heterocycles. The number of phenolic OH excluding ortho intramolecular Hbond substituents is 2. The van der Waals surface area contributed by atoms with Gasteiger partial charge in [-0.3, -0.25) is 4.55 Å². The molecule has 5 nitrogen and oxygen atoms in total. The Kier molecular flexibility index (Phi) is 5.98. The Bertz CT molecular complexity index is 1200. The fourth-order valence-electron chi connectivity index (χ4n) is 3.13. The van der Waals surface area contributed by atoms with Gasteiger partial charge in [0, 0.05) is 5.56 Å². The molecule has 29 heavy (non-hydrogen) atoms. The minimum atomic E-state index is -4.99. The van der Waals surface area contributed by atoms with Crippen molar-refractivity contribution in [2.45, 2.75) is 4.75 Å². The van der Waals surface area contributed by atoms with Gasteiger partial charge in [0.25, 0.3) is 10.1 Å². The van der Waals surface area contributed by atoms with Crippen LogP contribution in [-0.2, 0) is 14.9 Å². The summed E-state index contributed by atoms with van der Waals surface area (Å²) in [6.07, 6.45) is 0. The molecule has 0 amide bonds. The maximum absolute atomic E-state index is 12.9.